The topological polar surface area (TPSA) is 55.4 Å². The molecule has 0 saturated heterocycles. The van der Waals surface area contributed by atoms with Crippen LogP contribution >= 0.6 is 11.8 Å². The van der Waals surface area contributed by atoms with Gasteiger partial charge in [0.15, 0.2) is 0 Å². The molecule has 144 valence electrons. The molecule has 0 atom stereocenters. The number of ether oxygens (including phenoxy) is 1. The van der Waals surface area contributed by atoms with E-state index in [1.807, 2.05) is 6.92 Å². The molecule has 1 amide bonds. The lowest BCUT2D eigenvalue weighted by molar-refractivity contribution is -0.113. The number of rotatable bonds is 7. The van der Waals surface area contributed by atoms with Gasteiger partial charge in [-0.05, 0) is 80.6 Å². The van der Waals surface area contributed by atoms with Crippen molar-refractivity contribution in [2.45, 2.75) is 45.9 Å². The summed E-state index contributed by atoms with van der Waals surface area (Å²) < 4.78 is 5.10. The number of aryl methyl sites for hydroxylation is 2. The maximum absolute atomic E-state index is 12.3. The molecule has 0 fully saturated rings. The summed E-state index contributed by atoms with van der Waals surface area (Å²) in [5.41, 5.74) is 6.09. The van der Waals surface area contributed by atoms with E-state index in [-0.39, 0.29) is 11.9 Å². The first kappa shape index (κ1) is 21.0. The van der Waals surface area contributed by atoms with E-state index in [2.05, 4.69) is 39.1 Å². The van der Waals surface area contributed by atoms with Crippen LogP contribution in [-0.2, 0) is 9.53 Å². The van der Waals surface area contributed by atoms with Crippen LogP contribution < -0.4 is 5.32 Å². The maximum atomic E-state index is 12.3. The molecule has 0 heterocycles. The standard InChI is InChI=1S/C22H27NO3S/c1-6-11-26-22(25)18-7-9-19(10-8-18)23-20(24)13-27-21-16(4)14(2)12-15(3)17(21)5/h7-10,12H,6,11,13H2,1-5H3,(H,23,24). The Morgan fingerprint density at radius 2 is 1.59 bits per heavy atom. The molecule has 1 N–H and O–H groups in total. The van der Waals surface area contributed by atoms with E-state index < -0.39 is 0 Å². The number of nitrogens with one attached hydrogen (secondary N) is 1. The van der Waals surface area contributed by atoms with Crippen molar-refractivity contribution >= 4 is 29.3 Å². The molecule has 4 nitrogen and oxygen atoms in total. The van der Waals surface area contributed by atoms with Crippen molar-refractivity contribution in [2.75, 3.05) is 17.7 Å². The highest BCUT2D eigenvalue weighted by molar-refractivity contribution is 8.00. The quantitative estimate of drug-likeness (QED) is 0.524. The van der Waals surface area contributed by atoms with Crippen LogP contribution in [0.15, 0.2) is 35.2 Å². The lowest BCUT2D eigenvalue weighted by Gasteiger charge is -2.14. The fraction of sp³-hybridized carbons (Fsp3) is 0.364. The Morgan fingerprint density at radius 1 is 1.00 bits per heavy atom. The highest BCUT2D eigenvalue weighted by atomic mass is 32.2. The summed E-state index contributed by atoms with van der Waals surface area (Å²) in [6, 6.07) is 8.95. The van der Waals surface area contributed by atoms with Gasteiger partial charge in [-0.2, -0.15) is 0 Å². The van der Waals surface area contributed by atoms with E-state index in [0.717, 1.165) is 6.42 Å². The van der Waals surface area contributed by atoms with Crippen molar-refractivity contribution in [3.05, 3.63) is 58.1 Å². The summed E-state index contributed by atoms with van der Waals surface area (Å²) >= 11 is 1.56. The number of hydrogen-bond donors (Lipinski definition) is 1. The molecule has 0 radical (unpaired) electrons. The Morgan fingerprint density at radius 3 is 2.15 bits per heavy atom. The maximum Gasteiger partial charge on any atom is 0.338 e. The van der Waals surface area contributed by atoms with Crippen LogP contribution in [0.5, 0.6) is 0 Å². The van der Waals surface area contributed by atoms with Gasteiger partial charge in [-0.3, -0.25) is 4.79 Å². The van der Waals surface area contributed by atoms with Crippen LogP contribution in [0.4, 0.5) is 5.69 Å². The Hall–Kier alpha value is -2.27. The van der Waals surface area contributed by atoms with Gasteiger partial charge in [0.05, 0.1) is 17.9 Å². The molecule has 5 heteroatoms. The molecule has 2 rings (SSSR count). The van der Waals surface area contributed by atoms with Crippen LogP contribution in [0.1, 0.15) is 46.0 Å². The lowest BCUT2D eigenvalue weighted by atomic mass is 10.0. The normalized spacial score (nSPS) is 10.6. The van der Waals surface area contributed by atoms with Gasteiger partial charge < -0.3 is 10.1 Å². The Labute approximate surface area is 165 Å². The third-order valence-electron chi connectivity index (χ3n) is 4.49. The lowest BCUT2D eigenvalue weighted by Crippen LogP contribution is -2.14. The smallest absolute Gasteiger partial charge is 0.338 e. The predicted molar refractivity (Wildman–Crippen MR) is 112 cm³/mol. The summed E-state index contributed by atoms with van der Waals surface area (Å²) in [7, 11) is 0. The monoisotopic (exact) mass is 385 g/mol. The molecular weight excluding hydrogens is 358 g/mol. The summed E-state index contributed by atoms with van der Waals surface area (Å²) in [6.07, 6.45) is 0.789. The predicted octanol–water partition coefficient (Wildman–Crippen LogP) is 5.22. The minimum atomic E-state index is -0.342. The van der Waals surface area contributed by atoms with E-state index in [1.54, 1.807) is 36.0 Å². The van der Waals surface area contributed by atoms with E-state index in [4.69, 9.17) is 4.74 Å². The minimum absolute atomic E-state index is 0.0701. The molecule has 2 aromatic carbocycles. The van der Waals surface area contributed by atoms with Gasteiger partial charge in [0.1, 0.15) is 0 Å². The van der Waals surface area contributed by atoms with Crippen molar-refractivity contribution in [2.24, 2.45) is 0 Å². The van der Waals surface area contributed by atoms with Crippen molar-refractivity contribution in [1.29, 1.82) is 0 Å². The number of anilines is 1. The highest BCUT2D eigenvalue weighted by Crippen LogP contribution is 2.30. The van der Waals surface area contributed by atoms with Crippen molar-refractivity contribution in [1.82, 2.24) is 0 Å². The van der Waals surface area contributed by atoms with Gasteiger partial charge in [-0.1, -0.05) is 13.0 Å². The van der Waals surface area contributed by atoms with Crippen molar-refractivity contribution < 1.29 is 14.3 Å². The Kier molecular flexibility index (Phi) is 7.48. The first-order valence-electron chi connectivity index (χ1n) is 9.10. The number of thioether (sulfide) groups is 1. The molecular formula is C22H27NO3S. The number of carbonyl (C=O) groups is 2. The molecule has 0 spiro atoms. The third-order valence-corrected chi connectivity index (χ3v) is 5.79. The average molecular weight is 386 g/mol. The molecule has 0 saturated carbocycles. The van der Waals surface area contributed by atoms with E-state index in [1.165, 1.54) is 27.1 Å². The second kappa shape index (κ2) is 9.60. The summed E-state index contributed by atoms with van der Waals surface area (Å²) in [4.78, 5) is 25.3. The summed E-state index contributed by atoms with van der Waals surface area (Å²) in [5, 5.41) is 2.88. The fourth-order valence-electron chi connectivity index (χ4n) is 2.70. The zero-order valence-electron chi connectivity index (χ0n) is 16.6. The molecule has 0 aliphatic heterocycles. The van der Waals surface area contributed by atoms with Crippen LogP contribution in [-0.4, -0.2) is 24.2 Å². The SMILES string of the molecule is CCCOC(=O)c1ccc(NC(=O)CSc2c(C)c(C)cc(C)c2C)cc1. The van der Waals surface area contributed by atoms with Gasteiger partial charge in [-0.25, -0.2) is 4.79 Å². The van der Waals surface area contributed by atoms with Crippen LogP contribution in [0.25, 0.3) is 0 Å². The van der Waals surface area contributed by atoms with Gasteiger partial charge in [0.25, 0.3) is 0 Å². The minimum Gasteiger partial charge on any atom is -0.462 e. The summed E-state index contributed by atoms with van der Waals surface area (Å²) in [5.74, 6) is -0.0736. The van der Waals surface area contributed by atoms with E-state index in [9.17, 15) is 9.59 Å². The molecule has 0 aliphatic carbocycles. The zero-order valence-corrected chi connectivity index (χ0v) is 17.5. The Bertz CT molecular complexity index is 802. The second-order valence-electron chi connectivity index (χ2n) is 6.64. The largest absolute Gasteiger partial charge is 0.462 e. The van der Waals surface area contributed by atoms with Gasteiger partial charge >= 0.3 is 5.97 Å². The average Bonchev–Trinajstić information content (AvgIpc) is 2.65. The van der Waals surface area contributed by atoms with Crippen LogP contribution in [0, 0.1) is 27.7 Å². The number of hydrogen-bond acceptors (Lipinski definition) is 4. The van der Waals surface area contributed by atoms with Crippen molar-refractivity contribution in [3.63, 3.8) is 0 Å². The van der Waals surface area contributed by atoms with E-state index in [0.29, 0.717) is 23.6 Å². The molecule has 0 aliphatic rings. The molecule has 0 unspecified atom stereocenters. The third kappa shape index (κ3) is 5.60. The van der Waals surface area contributed by atoms with Gasteiger partial charge in [0, 0.05) is 10.6 Å². The van der Waals surface area contributed by atoms with Crippen LogP contribution in [0.3, 0.4) is 0 Å². The van der Waals surface area contributed by atoms with Gasteiger partial charge in [0.2, 0.25) is 5.91 Å². The molecule has 0 bridgehead atoms. The Balaban J connectivity index is 1.96. The molecule has 2 aromatic rings. The number of esters is 1. The zero-order chi connectivity index (χ0) is 20.0. The first-order valence-corrected chi connectivity index (χ1v) is 10.1. The molecule has 0 aromatic heterocycles. The van der Waals surface area contributed by atoms with Crippen LogP contribution in [0.2, 0.25) is 0 Å². The number of carbonyl (C=O) groups excluding carboxylic acids is 2. The van der Waals surface area contributed by atoms with Gasteiger partial charge in [-0.15, -0.1) is 11.8 Å². The summed E-state index contributed by atoms with van der Waals surface area (Å²) in [6.45, 7) is 10.7. The van der Waals surface area contributed by atoms with Crippen molar-refractivity contribution in [3.8, 4) is 0 Å². The van der Waals surface area contributed by atoms with E-state index >= 15 is 0 Å². The first-order chi connectivity index (χ1) is 12.8. The number of amides is 1. The molecule has 27 heavy (non-hydrogen) atoms. The highest BCUT2D eigenvalue weighted by Gasteiger charge is 2.12. The fourth-order valence-corrected chi connectivity index (χ4v) is 3.80. The number of benzene rings is 2. The second-order valence-corrected chi connectivity index (χ2v) is 7.63.